The summed E-state index contributed by atoms with van der Waals surface area (Å²) in [5.74, 6) is 1.92. The van der Waals surface area contributed by atoms with E-state index in [-0.39, 0.29) is 28.6 Å². The van der Waals surface area contributed by atoms with Crippen molar-refractivity contribution in [1.29, 1.82) is 0 Å². The Balaban J connectivity index is 1.37. The molecule has 0 radical (unpaired) electrons. The maximum atomic E-state index is 13.0. The average Bonchev–Trinajstić information content (AvgIpc) is 3.26. The molecule has 4 rings (SSSR count). The third-order valence-electron chi connectivity index (χ3n) is 7.11. The second kappa shape index (κ2) is 8.71. The summed E-state index contributed by atoms with van der Waals surface area (Å²) >= 11 is 0. The molecule has 1 aromatic rings. The predicted octanol–water partition coefficient (Wildman–Crippen LogP) is 3.67. The van der Waals surface area contributed by atoms with Gasteiger partial charge in [0.25, 0.3) is 0 Å². The van der Waals surface area contributed by atoms with Crippen LogP contribution < -0.4 is 14.8 Å². The zero-order valence-corrected chi connectivity index (χ0v) is 19.2. The lowest BCUT2D eigenvalue weighted by Gasteiger charge is -2.36. The number of carbonyl (C=O) groups is 2. The van der Waals surface area contributed by atoms with Crippen LogP contribution in [0.2, 0.25) is 0 Å². The quantitative estimate of drug-likeness (QED) is 0.795. The number of rotatable bonds is 4. The van der Waals surface area contributed by atoms with Gasteiger partial charge in [-0.25, -0.2) is 0 Å². The fraction of sp³-hybridized carbons (Fsp3) is 0.680. The molecule has 1 saturated heterocycles. The summed E-state index contributed by atoms with van der Waals surface area (Å²) in [4.78, 5) is 27.4. The first-order valence-corrected chi connectivity index (χ1v) is 11.8. The average molecular weight is 429 g/mol. The largest absolute Gasteiger partial charge is 0.486 e. The molecule has 2 fully saturated rings. The zero-order valence-electron chi connectivity index (χ0n) is 19.2. The number of fused-ring (bicyclic) bond motifs is 1. The normalized spacial score (nSPS) is 21.1. The van der Waals surface area contributed by atoms with Gasteiger partial charge >= 0.3 is 0 Å². The van der Waals surface area contributed by atoms with Crippen LogP contribution in [0.15, 0.2) is 18.2 Å². The van der Waals surface area contributed by atoms with E-state index in [1.54, 1.807) is 0 Å². The SMILES string of the molecule is CC(C)(C)C(=O)N1CCC(C(=O)NCC2(c3ccc4c(c3)OCCO4)CCCC2)CC1. The van der Waals surface area contributed by atoms with E-state index >= 15 is 0 Å². The van der Waals surface area contributed by atoms with E-state index in [0.29, 0.717) is 32.8 Å². The lowest BCUT2D eigenvalue weighted by atomic mass is 9.78. The van der Waals surface area contributed by atoms with Crippen LogP contribution in [-0.2, 0) is 15.0 Å². The van der Waals surface area contributed by atoms with Crippen molar-refractivity contribution in [2.75, 3.05) is 32.8 Å². The molecule has 1 aromatic carbocycles. The Bertz CT molecular complexity index is 815. The number of hydrogen-bond acceptors (Lipinski definition) is 4. The summed E-state index contributed by atoms with van der Waals surface area (Å²) in [6.45, 7) is 9.02. The fourth-order valence-corrected chi connectivity index (χ4v) is 5.21. The molecule has 2 heterocycles. The molecule has 6 heteroatoms. The van der Waals surface area contributed by atoms with Crippen LogP contribution in [0, 0.1) is 11.3 Å². The van der Waals surface area contributed by atoms with Gasteiger partial charge in [0.1, 0.15) is 13.2 Å². The molecule has 2 amide bonds. The van der Waals surface area contributed by atoms with E-state index in [2.05, 4.69) is 17.4 Å². The van der Waals surface area contributed by atoms with Crippen molar-refractivity contribution >= 4 is 11.8 Å². The molecule has 1 aliphatic carbocycles. The fourth-order valence-electron chi connectivity index (χ4n) is 5.21. The van der Waals surface area contributed by atoms with E-state index < -0.39 is 0 Å². The van der Waals surface area contributed by atoms with E-state index in [0.717, 1.165) is 37.2 Å². The summed E-state index contributed by atoms with van der Waals surface area (Å²) in [5.41, 5.74) is 0.835. The number of nitrogens with one attached hydrogen (secondary N) is 1. The van der Waals surface area contributed by atoms with Crippen molar-refractivity contribution in [1.82, 2.24) is 10.2 Å². The Morgan fingerprint density at radius 2 is 1.71 bits per heavy atom. The lowest BCUT2D eigenvalue weighted by molar-refractivity contribution is -0.142. The van der Waals surface area contributed by atoms with Crippen LogP contribution in [0.25, 0.3) is 0 Å². The molecule has 3 aliphatic rings. The Hall–Kier alpha value is -2.24. The van der Waals surface area contributed by atoms with Crippen LogP contribution in [-0.4, -0.2) is 49.6 Å². The minimum atomic E-state index is -0.367. The van der Waals surface area contributed by atoms with Crippen molar-refractivity contribution in [3.8, 4) is 11.5 Å². The number of hydrogen-bond donors (Lipinski definition) is 1. The summed E-state index contributed by atoms with van der Waals surface area (Å²) in [6, 6.07) is 6.26. The van der Waals surface area contributed by atoms with Crippen LogP contribution in [0.1, 0.15) is 64.9 Å². The lowest BCUT2D eigenvalue weighted by Crippen LogP contribution is -2.48. The van der Waals surface area contributed by atoms with Gasteiger partial charge < -0.3 is 19.7 Å². The number of benzene rings is 1. The Morgan fingerprint density at radius 1 is 1.06 bits per heavy atom. The highest BCUT2D eigenvalue weighted by molar-refractivity contribution is 5.82. The van der Waals surface area contributed by atoms with Crippen molar-refractivity contribution in [3.63, 3.8) is 0 Å². The van der Waals surface area contributed by atoms with Gasteiger partial charge in [0.05, 0.1) is 0 Å². The second-order valence-electron chi connectivity index (χ2n) is 10.4. The van der Waals surface area contributed by atoms with Crippen molar-refractivity contribution in [2.45, 2.75) is 64.7 Å². The van der Waals surface area contributed by atoms with Crippen molar-refractivity contribution in [2.24, 2.45) is 11.3 Å². The molecule has 1 N–H and O–H groups in total. The molecule has 1 saturated carbocycles. The molecule has 2 aliphatic heterocycles. The summed E-state index contributed by atoms with van der Waals surface area (Å²) < 4.78 is 11.5. The summed E-state index contributed by atoms with van der Waals surface area (Å²) in [7, 11) is 0. The number of carbonyl (C=O) groups excluding carboxylic acids is 2. The summed E-state index contributed by atoms with van der Waals surface area (Å²) in [6.07, 6.45) is 5.99. The highest BCUT2D eigenvalue weighted by atomic mass is 16.6. The minimum Gasteiger partial charge on any atom is -0.486 e. The van der Waals surface area contributed by atoms with Gasteiger partial charge in [-0.1, -0.05) is 39.7 Å². The van der Waals surface area contributed by atoms with Crippen molar-refractivity contribution < 1.29 is 19.1 Å². The number of nitrogens with zero attached hydrogens (tertiary/aromatic N) is 1. The molecule has 0 spiro atoms. The maximum absolute atomic E-state index is 13.0. The molecule has 0 aromatic heterocycles. The standard InChI is InChI=1S/C25H36N2O4/c1-24(2,3)23(29)27-12-8-18(9-13-27)22(28)26-17-25(10-4-5-11-25)19-6-7-20-21(16-19)31-15-14-30-20/h6-7,16,18H,4-5,8-15,17H2,1-3H3,(H,26,28). The maximum Gasteiger partial charge on any atom is 0.227 e. The number of likely N-dealkylation sites (tertiary alicyclic amines) is 1. The first-order chi connectivity index (χ1) is 14.8. The molecular weight excluding hydrogens is 392 g/mol. The van der Waals surface area contributed by atoms with E-state index in [1.807, 2.05) is 31.7 Å². The van der Waals surface area contributed by atoms with Crippen LogP contribution in [0.4, 0.5) is 0 Å². The Morgan fingerprint density at radius 3 is 2.35 bits per heavy atom. The van der Waals surface area contributed by atoms with Gasteiger partial charge in [-0.2, -0.15) is 0 Å². The van der Waals surface area contributed by atoms with E-state index in [1.165, 1.54) is 18.4 Å². The molecule has 170 valence electrons. The third kappa shape index (κ3) is 4.68. The monoisotopic (exact) mass is 428 g/mol. The highest BCUT2D eigenvalue weighted by Gasteiger charge is 2.38. The number of ether oxygens (including phenoxy) is 2. The van der Waals surface area contributed by atoms with E-state index in [9.17, 15) is 9.59 Å². The topological polar surface area (TPSA) is 67.9 Å². The molecule has 0 bridgehead atoms. The Kier molecular flexibility index (Phi) is 6.18. The van der Waals surface area contributed by atoms with Crippen LogP contribution >= 0.6 is 0 Å². The predicted molar refractivity (Wildman–Crippen MR) is 119 cm³/mol. The van der Waals surface area contributed by atoms with Gasteiger partial charge in [-0.05, 0) is 43.4 Å². The molecular formula is C25H36N2O4. The number of piperidine rings is 1. The number of amides is 2. The van der Waals surface area contributed by atoms with Gasteiger partial charge in [0, 0.05) is 36.4 Å². The molecule has 0 atom stereocenters. The minimum absolute atomic E-state index is 0.0114. The first-order valence-electron chi connectivity index (χ1n) is 11.8. The molecule has 0 unspecified atom stereocenters. The van der Waals surface area contributed by atoms with Gasteiger partial charge in [-0.3, -0.25) is 9.59 Å². The smallest absolute Gasteiger partial charge is 0.227 e. The second-order valence-corrected chi connectivity index (χ2v) is 10.4. The van der Waals surface area contributed by atoms with Crippen molar-refractivity contribution in [3.05, 3.63) is 23.8 Å². The van der Waals surface area contributed by atoms with Gasteiger partial charge in [0.2, 0.25) is 11.8 Å². The Labute approximate surface area is 185 Å². The van der Waals surface area contributed by atoms with Gasteiger partial charge in [-0.15, -0.1) is 0 Å². The third-order valence-corrected chi connectivity index (χ3v) is 7.11. The van der Waals surface area contributed by atoms with Crippen LogP contribution in [0.5, 0.6) is 11.5 Å². The van der Waals surface area contributed by atoms with Gasteiger partial charge in [0.15, 0.2) is 11.5 Å². The first kappa shape index (κ1) is 22.0. The summed E-state index contributed by atoms with van der Waals surface area (Å²) in [5, 5.41) is 3.27. The molecule has 31 heavy (non-hydrogen) atoms. The van der Waals surface area contributed by atoms with Crippen LogP contribution in [0.3, 0.4) is 0 Å². The highest BCUT2D eigenvalue weighted by Crippen LogP contribution is 2.44. The zero-order chi connectivity index (χ0) is 22.1. The molecule has 6 nitrogen and oxygen atoms in total. The van der Waals surface area contributed by atoms with E-state index in [4.69, 9.17) is 9.47 Å².